The number of nitrogens with one attached hydrogen (secondary N) is 1. The Morgan fingerprint density at radius 3 is 2.22 bits per heavy atom. The number of nitro groups is 1. The number of halogens is 1. The summed E-state index contributed by atoms with van der Waals surface area (Å²) in [6, 6.07) is 23.8. The van der Waals surface area contributed by atoms with E-state index in [0.29, 0.717) is 11.3 Å². The predicted octanol–water partition coefficient (Wildman–Crippen LogP) is 4.97. The third kappa shape index (κ3) is 7.73. The van der Waals surface area contributed by atoms with Crippen LogP contribution in [0.1, 0.15) is 16.7 Å². The molecular formula is C29H25FN4O6S. The average Bonchev–Trinajstić information content (AvgIpc) is 2.96. The second kappa shape index (κ2) is 12.8. The molecular weight excluding hydrogens is 551 g/mol. The Bertz CT molecular complexity index is 1640. The van der Waals surface area contributed by atoms with Gasteiger partial charge in [-0.1, -0.05) is 17.7 Å². The first-order chi connectivity index (χ1) is 19.6. The van der Waals surface area contributed by atoms with Crippen LogP contribution in [-0.4, -0.2) is 32.0 Å². The Kier molecular flexibility index (Phi) is 9.05. The number of aryl methyl sites for hydroxylation is 1. The van der Waals surface area contributed by atoms with Crippen LogP contribution < -0.4 is 14.5 Å². The monoisotopic (exact) mass is 576 g/mol. The van der Waals surface area contributed by atoms with Gasteiger partial charge in [0.25, 0.3) is 21.6 Å². The highest BCUT2D eigenvalue weighted by Gasteiger charge is 2.27. The molecule has 0 atom stereocenters. The Morgan fingerprint density at radius 1 is 0.976 bits per heavy atom. The minimum absolute atomic E-state index is 0.00171. The molecule has 10 nitrogen and oxygen atoms in total. The molecule has 0 saturated heterocycles. The fraction of sp³-hybridized carbons (Fsp3) is 0.103. The summed E-state index contributed by atoms with van der Waals surface area (Å²) in [6.07, 6.45) is 1.39. The molecule has 210 valence electrons. The maximum atomic E-state index is 13.4. The van der Waals surface area contributed by atoms with Crippen molar-refractivity contribution in [3.8, 4) is 5.75 Å². The number of carbonyl (C=O) groups excluding carboxylic acids is 1. The fourth-order valence-corrected chi connectivity index (χ4v) is 5.06. The summed E-state index contributed by atoms with van der Waals surface area (Å²) in [7, 11) is -4.18. The lowest BCUT2D eigenvalue weighted by atomic mass is 10.2. The predicted molar refractivity (Wildman–Crippen MR) is 152 cm³/mol. The zero-order chi connectivity index (χ0) is 29.4. The summed E-state index contributed by atoms with van der Waals surface area (Å²) in [5.74, 6) is -0.707. The zero-order valence-corrected chi connectivity index (χ0v) is 22.6. The smallest absolute Gasteiger partial charge is 0.269 e. The minimum atomic E-state index is -4.18. The summed E-state index contributed by atoms with van der Waals surface area (Å²) in [5.41, 5.74) is 4.92. The standard InChI is InChI=1S/C29H25FN4O6S/c1-21-2-10-25(11-3-21)33(41(38,39)28-16-8-24(30)9-17-28)19-29(35)32-31-18-22-6-14-27(15-7-22)40-20-23-4-12-26(13-5-23)34(36)37/h2-18H,19-20H2,1H3,(H,32,35)/b31-18-. The number of nitro benzene ring substituents is 1. The van der Waals surface area contributed by atoms with E-state index in [2.05, 4.69) is 10.5 Å². The van der Waals surface area contributed by atoms with E-state index < -0.39 is 33.2 Å². The number of nitrogens with zero attached hydrogens (tertiary/aromatic N) is 3. The lowest BCUT2D eigenvalue weighted by molar-refractivity contribution is -0.384. The minimum Gasteiger partial charge on any atom is -0.489 e. The van der Waals surface area contributed by atoms with Crippen molar-refractivity contribution in [1.82, 2.24) is 5.43 Å². The van der Waals surface area contributed by atoms with E-state index in [0.717, 1.165) is 39.7 Å². The number of amides is 1. The SMILES string of the molecule is Cc1ccc(N(CC(=O)N/N=C\c2ccc(OCc3ccc([N+](=O)[O-])cc3)cc2)S(=O)(=O)c2ccc(F)cc2)cc1. The maximum Gasteiger partial charge on any atom is 0.269 e. The van der Waals surface area contributed by atoms with Gasteiger partial charge in [-0.25, -0.2) is 18.2 Å². The van der Waals surface area contributed by atoms with Crippen molar-refractivity contribution in [1.29, 1.82) is 0 Å². The number of rotatable bonds is 11. The summed E-state index contributed by atoms with van der Waals surface area (Å²) in [5, 5.41) is 14.7. The van der Waals surface area contributed by atoms with Gasteiger partial charge < -0.3 is 4.74 Å². The summed E-state index contributed by atoms with van der Waals surface area (Å²) in [4.78, 5) is 22.8. The Morgan fingerprint density at radius 2 is 1.61 bits per heavy atom. The first-order valence-corrected chi connectivity index (χ1v) is 13.7. The molecule has 1 amide bonds. The summed E-state index contributed by atoms with van der Waals surface area (Å²) >= 11 is 0. The van der Waals surface area contributed by atoms with Gasteiger partial charge in [0.2, 0.25) is 0 Å². The van der Waals surface area contributed by atoms with E-state index in [-0.39, 0.29) is 22.9 Å². The molecule has 1 N–H and O–H groups in total. The van der Waals surface area contributed by atoms with Gasteiger partial charge in [-0.2, -0.15) is 5.10 Å². The third-order valence-electron chi connectivity index (χ3n) is 5.85. The molecule has 0 spiro atoms. The molecule has 12 heteroatoms. The van der Waals surface area contributed by atoms with Crippen molar-refractivity contribution < 1.29 is 27.3 Å². The number of carbonyl (C=O) groups is 1. The number of hydrazone groups is 1. The van der Waals surface area contributed by atoms with Gasteiger partial charge in [0.05, 0.1) is 21.7 Å². The van der Waals surface area contributed by atoms with Crippen molar-refractivity contribution in [2.45, 2.75) is 18.4 Å². The maximum absolute atomic E-state index is 13.4. The van der Waals surface area contributed by atoms with Gasteiger partial charge in [-0.15, -0.1) is 0 Å². The molecule has 0 fully saturated rings. The second-order valence-electron chi connectivity index (χ2n) is 8.88. The Labute approximate surface area is 235 Å². The molecule has 41 heavy (non-hydrogen) atoms. The van der Waals surface area contributed by atoms with Gasteiger partial charge >= 0.3 is 0 Å². The molecule has 4 rings (SSSR count). The van der Waals surface area contributed by atoms with E-state index in [4.69, 9.17) is 4.74 Å². The zero-order valence-electron chi connectivity index (χ0n) is 21.8. The fourth-order valence-electron chi connectivity index (χ4n) is 3.64. The van der Waals surface area contributed by atoms with Crippen LogP contribution >= 0.6 is 0 Å². The molecule has 0 heterocycles. The highest BCUT2D eigenvalue weighted by Crippen LogP contribution is 2.24. The lowest BCUT2D eigenvalue weighted by Gasteiger charge is -2.23. The van der Waals surface area contributed by atoms with E-state index in [1.165, 1.54) is 18.3 Å². The van der Waals surface area contributed by atoms with Crippen molar-refractivity contribution >= 4 is 33.5 Å². The van der Waals surface area contributed by atoms with Crippen molar-refractivity contribution in [2.75, 3.05) is 10.8 Å². The Hall–Kier alpha value is -5.10. The van der Waals surface area contributed by atoms with E-state index in [1.54, 1.807) is 60.7 Å². The average molecular weight is 577 g/mol. The van der Waals surface area contributed by atoms with E-state index in [1.807, 2.05) is 6.92 Å². The second-order valence-corrected chi connectivity index (χ2v) is 10.7. The van der Waals surface area contributed by atoms with Crippen LogP contribution in [0.2, 0.25) is 0 Å². The molecule has 0 bridgehead atoms. The molecule has 0 aromatic heterocycles. The molecule has 0 aliphatic carbocycles. The Balaban J connectivity index is 1.37. The van der Waals surface area contributed by atoms with Gasteiger partial charge in [-0.05, 0) is 90.8 Å². The van der Waals surface area contributed by atoms with Gasteiger partial charge in [-0.3, -0.25) is 19.2 Å². The molecule has 4 aromatic rings. The topological polar surface area (TPSA) is 131 Å². The van der Waals surface area contributed by atoms with Crippen LogP contribution in [0.4, 0.5) is 15.8 Å². The third-order valence-corrected chi connectivity index (χ3v) is 7.63. The first kappa shape index (κ1) is 28.9. The molecule has 4 aromatic carbocycles. The summed E-state index contributed by atoms with van der Waals surface area (Å²) < 4.78 is 46.7. The molecule has 0 radical (unpaired) electrons. The van der Waals surface area contributed by atoms with Crippen LogP contribution in [-0.2, 0) is 21.4 Å². The van der Waals surface area contributed by atoms with E-state index in [9.17, 15) is 27.7 Å². The van der Waals surface area contributed by atoms with Crippen LogP contribution in [0.25, 0.3) is 0 Å². The molecule has 0 saturated carbocycles. The number of hydrogen-bond donors (Lipinski definition) is 1. The van der Waals surface area contributed by atoms with Crippen molar-refractivity contribution in [3.63, 3.8) is 0 Å². The number of sulfonamides is 1. The van der Waals surface area contributed by atoms with Crippen molar-refractivity contribution in [2.24, 2.45) is 5.10 Å². The van der Waals surface area contributed by atoms with Crippen LogP contribution in [0.3, 0.4) is 0 Å². The molecule has 0 aliphatic heterocycles. The highest BCUT2D eigenvalue weighted by molar-refractivity contribution is 7.92. The molecule has 0 aliphatic rings. The number of non-ortho nitro benzene ring substituents is 1. The summed E-state index contributed by atoms with van der Waals surface area (Å²) in [6.45, 7) is 1.51. The van der Waals surface area contributed by atoms with Crippen LogP contribution in [0.15, 0.2) is 107 Å². The van der Waals surface area contributed by atoms with Crippen LogP contribution in [0, 0.1) is 22.9 Å². The number of ether oxygens (including phenoxy) is 1. The van der Waals surface area contributed by atoms with Crippen molar-refractivity contribution in [3.05, 3.63) is 130 Å². The highest BCUT2D eigenvalue weighted by atomic mass is 32.2. The number of anilines is 1. The van der Waals surface area contributed by atoms with Gasteiger partial charge in [0.15, 0.2) is 0 Å². The lowest BCUT2D eigenvalue weighted by Crippen LogP contribution is -2.39. The van der Waals surface area contributed by atoms with Gasteiger partial charge in [0.1, 0.15) is 24.7 Å². The normalized spacial score (nSPS) is 11.3. The number of benzene rings is 4. The molecule has 0 unspecified atom stereocenters. The quantitative estimate of drug-likeness (QED) is 0.152. The van der Waals surface area contributed by atoms with E-state index >= 15 is 0 Å². The largest absolute Gasteiger partial charge is 0.489 e. The first-order valence-electron chi connectivity index (χ1n) is 12.2. The van der Waals surface area contributed by atoms with Gasteiger partial charge in [0, 0.05) is 12.1 Å². The number of hydrogen-bond acceptors (Lipinski definition) is 7. The van der Waals surface area contributed by atoms with Crippen LogP contribution in [0.5, 0.6) is 5.75 Å².